The van der Waals surface area contributed by atoms with Gasteiger partial charge in [0.2, 0.25) is 0 Å². The Kier molecular flexibility index (Phi) is 6.49. The van der Waals surface area contributed by atoms with Crippen LogP contribution in [0.25, 0.3) is 11.1 Å². The highest BCUT2D eigenvalue weighted by Crippen LogP contribution is 2.24. The van der Waals surface area contributed by atoms with Gasteiger partial charge in [-0.05, 0) is 35.6 Å². The first-order valence-electron chi connectivity index (χ1n) is 9.40. The van der Waals surface area contributed by atoms with Gasteiger partial charge in [-0.2, -0.15) is 5.10 Å². The molecule has 0 radical (unpaired) electrons. The Bertz CT molecular complexity index is 974. The van der Waals surface area contributed by atoms with Crippen LogP contribution in [0.15, 0.2) is 71.7 Å². The Morgan fingerprint density at radius 3 is 2.54 bits per heavy atom. The average Bonchev–Trinajstić information content (AvgIpc) is 3.20. The normalized spacial score (nSPS) is 16.0. The van der Waals surface area contributed by atoms with Crippen molar-refractivity contribution < 1.29 is 0 Å². The van der Waals surface area contributed by atoms with Crippen LogP contribution in [0.1, 0.15) is 12.0 Å². The quantitative estimate of drug-likeness (QED) is 0.719. The monoisotopic (exact) mass is 396 g/mol. The third kappa shape index (κ3) is 4.26. The molecule has 0 saturated carbocycles. The van der Waals surface area contributed by atoms with Gasteiger partial charge in [0.1, 0.15) is 0 Å². The van der Waals surface area contributed by atoms with E-state index in [1.807, 2.05) is 30.3 Å². The van der Waals surface area contributed by atoms with Gasteiger partial charge in [0.25, 0.3) is 5.56 Å². The van der Waals surface area contributed by atoms with E-state index in [0.717, 1.165) is 41.9 Å². The first kappa shape index (κ1) is 20.1. The van der Waals surface area contributed by atoms with Gasteiger partial charge in [0, 0.05) is 19.2 Å². The number of nitrogens with zero attached hydrogens (tertiary/aromatic N) is 3. The van der Waals surface area contributed by atoms with Crippen LogP contribution in [0.3, 0.4) is 0 Å². The van der Waals surface area contributed by atoms with Crippen molar-refractivity contribution in [2.45, 2.75) is 13.0 Å². The van der Waals surface area contributed by atoms with Gasteiger partial charge in [-0.1, -0.05) is 54.6 Å². The molecule has 1 saturated heterocycles. The lowest BCUT2D eigenvalue weighted by Gasteiger charge is -2.18. The van der Waals surface area contributed by atoms with Gasteiger partial charge in [-0.25, -0.2) is 4.68 Å². The minimum absolute atomic E-state index is 0. The lowest BCUT2D eigenvalue weighted by molar-refractivity contribution is 0.601. The summed E-state index contributed by atoms with van der Waals surface area (Å²) >= 11 is 0. The first-order valence-corrected chi connectivity index (χ1v) is 9.40. The van der Waals surface area contributed by atoms with Gasteiger partial charge in [0.15, 0.2) is 0 Å². The highest BCUT2D eigenvalue weighted by atomic mass is 35.5. The maximum atomic E-state index is 12.6. The zero-order valence-electron chi connectivity index (χ0n) is 15.7. The number of hydrogen-bond donors (Lipinski definition) is 1. The average molecular weight is 397 g/mol. The van der Waals surface area contributed by atoms with Crippen molar-refractivity contribution in [1.82, 2.24) is 9.78 Å². The zero-order valence-corrected chi connectivity index (χ0v) is 16.5. The Morgan fingerprint density at radius 1 is 1.07 bits per heavy atom. The van der Waals surface area contributed by atoms with Crippen LogP contribution >= 0.6 is 12.4 Å². The van der Waals surface area contributed by atoms with Crippen LogP contribution in [-0.4, -0.2) is 29.4 Å². The number of anilines is 1. The molecule has 0 aliphatic carbocycles. The molecule has 2 N–H and O–H groups in total. The summed E-state index contributed by atoms with van der Waals surface area (Å²) in [4.78, 5) is 14.9. The summed E-state index contributed by atoms with van der Waals surface area (Å²) in [5.41, 5.74) is 9.93. The van der Waals surface area contributed by atoms with E-state index < -0.39 is 0 Å². The second kappa shape index (κ2) is 9.04. The van der Waals surface area contributed by atoms with Gasteiger partial charge < -0.3 is 10.6 Å². The molecule has 1 aromatic heterocycles. The van der Waals surface area contributed by atoms with E-state index in [-0.39, 0.29) is 18.0 Å². The summed E-state index contributed by atoms with van der Waals surface area (Å²) < 4.78 is 1.53. The summed E-state index contributed by atoms with van der Waals surface area (Å²) in [6, 6.07) is 20.1. The summed E-state index contributed by atoms with van der Waals surface area (Å²) in [5, 5.41) is 4.43. The molecule has 1 fully saturated rings. The molecule has 0 bridgehead atoms. The Hall–Kier alpha value is -2.63. The molecule has 146 valence electrons. The van der Waals surface area contributed by atoms with Crippen LogP contribution in [0.5, 0.6) is 0 Å². The van der Waals surface area contributed by atoms with Gasteiger partial charge in [0.05, 0.1) is 18.4 Å². The number of halogens is 1. The molecule has 6 heteroatoms. The topological polar surface area (TPSA) is 64.2 Å². The van der Waals surface area contributed by atoms with E-state index >= 15 is 0 Å². The fraction of sp³-hybridized carbons (Fsp3) is 0.273. The zero-order chi connectivity index (χ0) is 18.6. The van der Waals surface area contributed by atoms with E-state index in [1.54, 1.807) is 12.3 Å². The molecule has 3 aromatic rings. The summed E-state index contributed by atoms with van der Waals surface area (Å²) in [7, 11) is 0. The smallest absolute Gasteiger partial charge is 0.269 e. The first-order chi connectivity index (χ1) is 13.2. The fourth-order valence-electron chi connectivity index (χ4n) is 3.69. The molecule has 28 heavy (non-hydrogen) atoms. The SMILES string of the molecule is Cl.NCC1CCN(c2cnn(Cc3ccccc3-c3ccccc3)c(=O)c2)C1. The molecule has 1 atom stereocenters. The van der Waals surface area contributed by atoms with E-state index in [2.05, 4.69) is 34.3 Å². The minimum atomic E-state index is -0.0773. The number of nitrogens with two attached hydrogens (primary N) is 1. The van der Waals surface area contributed by atoms with Crippen molar-refractivity contribution in [1.29, 1.82) is 0 Å². The highest BCUT2D eigenvalue weighted by Gasteiger charge is 2.22. The molecule has 4 rings (SSSR count). The molecule has 0 spiro atoms. The van der Waals surface area contributed by atoms with Crippen molar-refractivity contribution >= 4 is 18.1 Å². The maximum absolute atomic E-state index is 12.6. The number of aromatic nitrogens is 2. The van der Waals surface area contributed by atoms with Crippen molar-refractivity contribution in [3.63, 3.8) is 0 Å². The van der Waals surface area contributed by atoms with Gasteiger partial charge in [-0.3, -0.25) is 4.79 Å². The maximum Gasteiger partial charge on any atom is 0.269 e. The second-order valence-corrected chi connectivity index (χ2v) is 7.07. The van der Waals surface area contributed by atoms with Crippen LogP contribution < -0.4 is 16.2 Å². The lowest BCUT2D eigenvalue weighted by Crippen LogP contribution is -2.28. The largest absolute Gasteiger partial charge is 0.370 e. The predicted molar refractivity (Wildman–Crippen MR) is 116 cm³/mol. The number of hydrogen-bond acceptors (Lipinski definition) is 4. The molecule has 2 heterocycles. The Morgan fingerprint density at radius 2 is 1.82 bits per heavy atom. The lowest BCUT2D eigenvalue weighted by atomic mass is 10.00. The molecule has 1 aliphatic rings. The molecule has 1 unspecified atom stereocenters. The highest BCUT2D eigenvalue weighted by molar-refractivity contribution is 5.85. The minimum Gasteiger partial charge on any atom is -0.370 e. The number of rotatable bonds is 5. The van der Waals surface area contributed by atoms with Gasteiger partial charge >= 0.3 is 0 Å². The molecule has 5 nitrogen and oxygen atoms in total. The molecule has 1 aliphatic heterocycles. The number of benzene rings is 2. The van der Waals surface area contributed by atoms with Crippen LogP contribution in [0.4, 0.5) is 5.69 Å². The fourth-order valence-corrected chi connectivity index (χ4v) is 3.69. The van der Waals surface area contributed by atoms with Crippen molar-refractivity contribution in [2.75, 3.05) is 24.5 Å². The summed E-state index contributed by atoms with van der Waals surface area (Å²) in [6.07, 6.45) is 2.87. The third-order valence-corrected chi connectivity index (χ3v) is 5.26. The molecular formula is C22H25ClN4O. The van der Waals surface area contributed by atoms with Crippen molar-refractivity contribution in [3.8, 4) is 11.1 Å². The van der Waals surface area contributed by atoms with Crippen LogP contribution in [-0.2, 0) is 6.54 Å². The van der Waals surface area contributed by atoms with E-state index in [9.17, 15) is 4.79 Å². The molecule has 2 aromatic carbocycles. The standard InChI is InChI=1S/C22H24N4O.ClH/c23-13-17-10-11-25(15-17)20-12-22(27)26(24-14-20)16-19-8-4-5-9-21(19)18-6-2-1-3-7-18;/h1-9,12,14,17H,10-11,13,15-16,23H2;1H. The van der Waals surface area contributed by atoms with Gasteiger partial charge in [-0.15, -0.1) is 12.4 Å². The van der Waals surface area contributed by atoms with Crippen molar-refractivity contribution in [3.05, 3.63) is 82.8 Å². The second-order valence-electron chi connectivity index (χ2n) is 7.07. The Balaban J connectivity index is 0.00000225. The van der Waals surface area contributed by atoms with Crippen LogP contribution in [0, 0.1) is 5.92 Å². The summed E-state index contributed by atoms with van der Waals surface area (Å²) in [6.45, 7) is 2.98. The Labute approximate surface area is 171 Å². The van der Waals surface area contributed by atoms with E-state index in [1.165, 1.54) is 4.68 Å². The van der Waals surface area contributed by atoms with E-state index in [0.29, 0.717) is 19.0 Å². The summed E-state index contributed by atoms with van der Waals surface area (Å²) in [5.74, 6) is 0.505. The third-order valence-electron chi connectivity index (χ3n) is 5.26. The molecular weight excluding hydrogens is 372 g/mol. The predicted octanol–water partition coefficient (Wildman–Crippen LogP) is 3.17. The van der Waals surface area contributed by atoms with Crippen LogP contribution in [0.2, 0.25) is 0 Å². The molecule has 0 amide bonds. The van der Waals surface area contributed by atoms with E-state index in [4.69, 9.17) is 5.73 Å². The van der Waals surface area contributed by atoms with Crippen molar-refractivity contribution in [2.24, 2.45) is 11.7 Å².